The molecule has 1 unspecified atom stereocenters. The number of nitrogens with zero attached hydrogens (tertiary/aromatic N) is 2. The molecule has 5 heteroatoms. The Hall–Kier alpha value is -2.56. The van der Waals surface area contributed by atoms with Crippen molar-refractivity contribution >= 4 is 17.3 Å². The van der Waals surface area contributed by atoms with E-state index in [4.69, 9.17) is 5.73 Å². The molecule has 21 heavy (non-hydrogen) atoms. The van der Waals surface area contributed by atoms with Crippen molar-refractivity contribution < 1.29 is 4.79 Å². The van der Waals surface area contributed by atoms with Crippen molar-refractivity contribution in [2.24, 2.45) is 10.8 Å². The van der Waals surface area contributed by atoms with Gasteiger partial charge in [0.05, 0.1) is 11.4 Å². The number of anilines is 1. The summed E-state index contributed by atoms with van der Waals surface area (Å²) in [7, 11) is 2.05. The van der Waals surface area contributed by atoms with Crippen molar-refractivity contribution in [3.63, 3.8) is 0 Å². The Kier molecular flexibility index (Phi) is 3.25. The van der Waals surface area contributed by atoms with Crippen molar-refractivity contribution in [2.75, 3.05) is 12.5 Å². The first kappa shape index (κ1) is 13.4. The van der Waals surface area contributed by atoms with Gasteiger partial charge in [-0.2, -0.15) is 5.10 Å². The van der Waals surface area contributed by atoms with Gasteiger partial charge in [0.1, 0.15) is 0 Å². The molecule has 108 valence electrons. The van der Waals surface area contributed by atoms with E-state index in [0.29, 0.717) is 18.0 Å². The Morgan fingerprint density at radius 2 is 2.29 bits per heavy atom. The molecule has 5 nitrogen and oxygen atoms in total. The molecule has 2 aliphatic heterocycles. The second kappa shape index (κ2) is 5.09. The number of nitrogens with one attached hydrogen (secondary N) is 1. The standard InChI is InChI=1S/C16H18N4O/c1-10-7-11(5-6-20(10)2)15-9-13-8-12(16(17)21)3-4-14(13)18-19-15/h3-8,10,18H,9H2,1-2H3,(H2,17,21). The normalized spacial score (nSPS) is 20.3. The lowest BCUT2D eigenvalue weighted by Gasteiger charge is -2.26. The predicted octanol–water partition coefficient (Wildman–Crippen LogP) is 1.88. The summed E-state index contributed by atoms with van der Waals surface area (Å²) < 4.78 is 0. The third-order valence-electron chi connectivity index (χ3n) is 3.94. The van der Waals surface area contributed by atoms with Crippen LogP contribution in [-0.2, 0) is 6.42 Å². The van der Waals surface area contributed by atoms with Crippen LogP contribution in [0.1, 0.15) is 22.8 Å². The number of likely N-dealkylation sites (N-methyl/N-ethyl adjacent to an activating group) is 1. The summed E-state index contributed by atoms with van der Waals surface area (Å²) in [5, 5.41) is 4.44. The van der Waals surface area contributed by atoms with Crippen molar-refractivity contribution in [3.8, 4) is 0 Å². The Bertz CT molecular complexity index is 688. The van der Waals surface area contributed by atoms with Gasteiger partial charge >= 0.3 is 0 Å². The van der Waals surface area contributed by atoms with Crippen LogP contribution in [0.15, 0.2) is 47.2 Å². The monoisotopic (exact) mass is 282 g/mol. The number of nitrogens with two attached hydrogens (primary N) is 1. The molecule has 3 rings (SSSR count). The van der Waals surface area contributed by atoms with E-state index in [0.717, 1.165) is 22.5 Å². The van der Waals surface area contributed by atoms with Crippen LogP contribution in [-0.4, -0.2) is 29.6 Å². The summed E-state index contributed by atoms with van der Waals surface area (Å²) in [6.07, 6.45) is 6.99. The van der Waals surface area contributed by atoms with Gasteiger partial charge in [0.2, 0.25) is 5.91 Å². The topological polar surface area (TPSA) is 70.7 Å². The van der Waals surface area contributed by atoms with Crippen molar-refractivity contribution in [1.29, 1.82) is 0 Å². The number of fused-ring (bicyclic) bond motifs is 1. The largest absolute Gasteiger partial charge is 0.374 e. The van der Waals surface area contributed by atoms with Crippen LogP contribution in [0, 0.1) is 0 Å². The van der Waals surface area contributed by atoms with Crippen LogP contribution in [0.4, 0.5) is 5.69 Å². The van der Waals surface area contributed by atoms with Crippen LogP contribution in [0.5, 0.6) is 0 Å². The van der Waals surface area contributed by atoms with Gasteiger partial charge in [0.25, 0.3) is 0 Å². The summed E-state index contributed by atoms with van der Waals surface area (Å²) in [5.74, 6) is -0.408. The highest BCUT2D eigenvalue weighted by molar-refractivity contribution is 6.06. The average Bonchev–Trinajstić information content (AvgIpc) is 2.49. The third kappa shape index (κ3) is 2.54. The maximum atomic E-state index is 11.3. The number of amides is 1. The highest BCUT2D eigenvalue weighted by atomic mass is 16.1. The number of hydrogen-bond donors (Lipinski definition) is 2. The number of benzene rings is 1. The number of hydrazone groups is 1. The van der Waals surface area contributed by atoms with Gasteiger partial charge in [-0.05, 0) is 48.5 Å². The first-order valence-corrected chi connectivity index (χ1v) is 6.92. The third-order valence-corrected chi connectivity index (χ3v) is 3.94. The molecule has 0 saturated heterocycles. The minimum Gasteiger partial charge on any atom is -0.374 e. The van der Waals surface area contributed by atoms with Crippen LogP contribution in [0.2, 0.25) is 0 Å². The lowest BCUT2D eigenvalue weighted by atomic mass is 9.95. The maximum Gasteiger partial charge on any atom is 0.248 e. The zero-order valence-electron chi connectivity index (χ0n) is 12.1. The minimum absolute atomic E-state index is 0.339. The number of rotatable bonds is 2. The molecule has 1 aromatic carbocycles. The van der Waals surface area contributed by atoms with E-state index in [2.05, 4.69) is 40.7 Å². The molecule has 0 aromatic heterocycles. The fourth-order valence-electron chi connectivity index (χ4n) is 2.48. The molecule has 1 amide bonds. The van der Waals surface area contributed by atoms with Crippen molar-refractivity contribution in [1.82, 2.24) is 4.90 Å². The highest BCUT2D eigenvalue weighted by Crippen LogP contribution is 2.25. The van der Waals surface area contributed by atoms with Crippen LogP contribution in [0.25, 0.3) is 0 Å². The van der Waals surface area contributed by atoms with Crippen LogP contribution < -0.4 is 11.2 Å². The maximum absolute atomic E-state index is 11.3. The Morgan fingerprint density at radius 1 is 1.48 bits per heavy atom. The van der Waals surface area contributed by atoms with Gasteiger partial charge in [0, 0.05) is 25.1 Å². The summed E-state index contributed by atoms with van der Waals surface area (Å²) in [6.45, 7) is 2.14. The summed E-state index contributed by atoms with van der Waals surface area (Å²) >= 11 is 0. The molecule has 0 aliphatic carbocycles. The molecule has 0 bridgehead atoms. The SMILES string of the molecule is CC1C=C(C2=NNc3ccc(C(N)=O)cc3C2)C=CN1C. The van der Waals surface area contributed by atoms with E-state index in [1.54, 1.807) is 6.07 Å². The molecular formula is C16H18N4O. The summed E-state index contributed by atoms with van der Waals surface area (Å²) in [4.78, 5) is 13.4. The second-order valence-electron chi connectivity index (χ2n) is 5.43. The van der Waals surface area contributed by atoms with Gasteiger partial charge < -0.3 is 10.6 Å². The molecule has 1 atom stereocenters. The van der Waals surface area contributed by atoms with E-state index < -0.39 is 5.91 Å². The molecule has 0 saturated carbocycles. The highest BCUT2D eigenvalue weighted by Gasteiger charge is 2.19. The zero-order valence-corrected chi connectivity index (χ0v) is 12.1. The van der Waals surface area contributed by atoms with Crippen LogP contribution in [0.3, 0.4) is 0 Å². The zero-order chi connectivity index (χ0) is 15.0. The Labute approximate surface area is 123 Å². The number of carbonyl (C=O) groups excluding carboxylic acids is 1. The van der Waals surface area contributed by atoms with Gasteiger partial charge in [0.15, 0.2) is 0 Å². The molecule has 2 heterocycles. The van der Waals surface area contributed by atoms with E-state index in [1.807, 2.05) is 19.2 Å². The predicted molar refractivity (Wildman–Crippen MR) is 84.2 cm³/mol. The average molecular weight is 282 g/mol. The molecule has 2 aliphatic rings. The summed E-state index contributed by atoms with van der Waals surface area (Å²) in [6, 6.07) is 5.73. The molecule has 0 spiro atoms. The number of carbonyl (C=O) groups is 1. The lowest BCUT2D eigenvalue weighted by Crippen LogP contribution is -2.27. The summed E-state index contributed by atoms with van der Waals surface area (Å²) in [5.41, 5.74) is 13.0. The molecule has 0 radical (unpaired) electrons. The van der Waals surface area contributed by atoms with Gasteiger partial charge in [-0.3, -0.25) is 10.2 Å². The number of allylic oxidation sites excluding steroid dienone is 2. The lowest BCUT2D eigenvalue weighted by molar-refractivity contribution is 0.1000. The fraction of sp³-hybridized carbons (Fsp3) is 0.250. The first-order valence-electron chi connectivity index (χ1n) is 6.92. The van der Waals surface area contributed by atoms with Gasteiger partial charge in [-0.1, -0.05) is 6.08 Å². The fourth-order valence-corrected chi connectivity index (χ4v) is 2.48. The first-order chi connectivity index (χ1) is 10.0. The Morgan fingerprint density at radius 3 is 3.00 bits per heavy atom. The van der Waals surface area contributed by atoms with Gasteiger partial charge in [-0.25, -0.2) is 0 Å². The minimum atomic E-state index is -0.408. The quantitative estimate of drug-likeness (QED) is 0.870. The van der Waals surface area contributed by atoms with Crippen molar-refractivity contribution in [3.05, 3.63) is 53.3 Å². The number of hydrogen-bond acceptors (Lipinski definition) is 4. The molecule has 0 fully saturated rings. The molecular weight excluding hydrogens is 264 g/mol. The van der Waals surface area contributed by atoms with Crippen LogP contribution >= 0.6 is 0 Å². The molecule has 3 N–H and O–H groups in total. The molecule has 1 aromatic rings. The Balaban J connectivity index is 1.88. The smallest absolute Gasteiger partial charge is 0.248 e. The van der Waals surface area contributed by atoms with E-state index >= 15 is 0 Å². The van der Waals surface area contributed by atoms with E-state index in [9.17, 15) is 4.79 Å². The number of primary amides is 1. The van der Waals surface area contributed by atoms with E-state index in [-0.39, 0.29) is 0 Å². The second-order valence-corrected chi connectivity index (χ2v) is 5.43. The van der Waals surface area contributed by atoms with E-state index in [1.165, 1.54) is 0 Å². The van der Waals surface area contributed by atoms with Crippen molar-refractivity contribution in [2.45, 2.75) is 19.4 Å². The van der Waals surface area contributed by atoms with Gasteiger partial charge in [-0.15, -0.1) is 0 Å².